The molecule has 1 saturated heterocycles. The van der Waals surface area contributed by atoms with Crippen LogP contribution < -0.4 is 0 Å². The molecule has 0 aliphatic carbocycles. The SMILES string of the molecule is CCC1CN(I)CCCN1C. The van der Waals surface area contributed by atoms with Crippen LogP contribution in [0.15, 0.2) is 0 Å². The van der Waals surface area contributed by atoms with Gasteiger partial charge in [-0.2, -0.15) is 0 Å². The highest BCUT2D eigenvalue weighted by atomic mass is 127. The number of rotatable bonds is 1. The molecule has 0 amide bonds. The third kappa shape index (κ3) is 2.87. The zero-order valence-electron chi connectivity index (χ0n) is 7.39. The highest BCUT2D eigenvalue weighted by Crippen LogP contribution is 2.13. The molecule has 1 rings (SSSR count). The summed E-state index contributed by atoms with van der Waals surface area (Å²) in [7, 11) is 2.24. The zero-order chi connectivity index (χ0) is 8.27. The number of halogens is 1. The van der Waals surface area contributed by atoms with Crippen molar-refractivity contribution in [3.05, 3.63) is 0 Å². The van der Waals surface area contributed by atoms with E-state index in [4.69, 9.17) is 0 Å². The summed E-state index contributed by atoms with van der Waals surface area (Å²) in [5.74, 6) is 0. The van der Waals surface area contributed by atoms with Crippen molar-refractivity contribution >= 4 is 22.9 Å². The molecule has 66 valence electrons. The van der Waals surface area contributed by atoms with Gasteiger partial charge in [0, 0.05) is 42.0 Å². The van der Waals surface area contributed by atoms with Crippen molar-refractivity contribution in [3.8, 4) is 0 Å². The highest BCUT2D eigenvalue weighted by Gasteiger charge is 2.18. The maximum atomic E-state index is 2.48. The predicted octanol–water partition coefficient (Wildman–Crippen LogP) is 1.75. The fourth-order valence-corrected chi connectivity index (χ4v) is 2.37. The van der Waals surface area contributed by atoms with Gasteiger partial charge < -0.3 is 4.90 Å². The molecule has 0 N–H and O–H groups in total. The van der Waals surface area contributed by atoms with Crippen molar-refractivity contribution < 1.29 is 0 Å². The lowest BCUT2D eigenvalue weighted by molar-refractivity contribution is 0.243. The number of hydrogen-bond acceptors (Lipinski definition) is 2. The second kappa shape index (κ2) is 4.62. The van der Waals surface area contributed by atoms with Crippen LogP contribution in [0.5, 0.6) is 0 Å². The van der Waals surface area contributed by atoms with E-state index in [1.807, 2.05) is 0 Å². The molecule has 1 aliphatic rings. The summed E-state index contributed by atoms with van der Waals surface area (Å²) in [6, 6.07) is 0.773. The molecule has 1 fully saturated rings. The fraction of sp³-hybridized carbons (Fsp3) is 1.00. The number of likely N-dealkylation sites (N-methyl/N-ethyl adjacent to an activating group) is 1. The molecule has 1 atom stereocenters. The van der Waals surface area contributed by atoms with Crippen LogP contribution in [-0.2, 0) is 0 Å². The molecular weight excluding hydrogens is 251 g/mol. The molecule has 0 bridgehead atoms. The average molecular weight is 268 g/mol. The van der Waals surface area contributed by atoms with E-state index < -0.39 is 0 Å². The van der Waals surface area contributed by atoms with E-state index in [0.717, 1.165) is 6.04 Å². The summed E-state index contributed by atoms with van der Waals surface area (Å²) in [6.45, 7) is 6.02. The first-order chi connectivity index (χ1) is 5.24. The van der Waals surface area contributed by atoms with Gasteiger partial charge in [-0.05, 0) is 26.4 Å². The van der Waals surface area contributed by atoms with Crippen LogP contribution in [0.4, 0.5) is 0 Å². The molecule has 0 aromatic heterocycles. The molecule has 0 saturated carbocycles. The second-order valence-corrected chi connectivity index (χ2v) is 4.63. The van der Waals surface area contributed by atoms with Gasteiger partial charge in [0.15, 0.2) is 0 Å². The van der Waals surface area contributed by atoms with Gasteiger partial charge in [-0.3, -0.25) is 0 Å². The molecule has 1 unspecified atom stereocenters. The smallest absolute Gasteiger partial charge is 0.0237 e. The molecule has 11 heavy (non-hydrogen) atoms. The van der Waals surface area contributed by atoms with Gasteiger partial charge in [0.2, 0.25) is 0 Å². The summed E-state index contributed by atoms with van der Waals surface area (Å²) < 4.78 is 2.41. The molecule has 1 heterocycles. The molecule has 3 heteroatoms. The van der Waals surface area contributed by atoms with Gasteiger partial charge >= 0.3 is 0 Å². The Morgan fingerprint density at radius 2 is 2.18 bits per heavy atom. The lowest BCUT2D eigenvalue weighted by Crippen LogP contribution is -2.35. The topological polar surface area (TPSA) is 6.48 Å². The second-order valence-electron chi connectivity index (χ2n) is 3.27. The first-order valence-electron chi connectivity index (χ1n) is 4.35. The van der Waals surface area contributed by atoms with Crippen LogP contribution in [0.25, 0.3) is 0 Å². The minimum Gasteiger partial charge on any atom is -0.302 e. The first kappa shape index (κ1) is 9.74. The van der Waals surface area contributed by atoms with E-state index in [2.05, 4.69) is 44.8 Å². The van der Waals surface area contributed by atoms with Crippen molar-refractivity contribution in [1.82, 2.24) is 8.01 Å². The van der Waals surface area contributed by atoms with Crippen molar-refractivity contribution in [1.29, 1.82) is 0 Å². The van der Waals surface area contributed by atoms with Crippen LogP contribution in [-0.4, -0.2) is 40.7 Å². The van der Waals surface area contributed by atoms with Crippen LogP contribution >= 0.6 is 22.9 Å². The average Bonchev–Trinajstić information content (AvgIpc) is 2.13. The molecule has 0 aromatic carbocycles. The van der Waals surface area contributed by atoms with E-state index in [0.29, 0.717) is 0 Å². The van der Waals surface area contributed by atoms with Crippen molar-refractivity contribution in [2.45, 2.75) is 25.8 Å². The fourth-order valence-electron chi connectivity index (χ4n) is 1.57. The van der Waals surface area contributed by atoms with E-state index in [1.165, 1.54) is 32.5 Å². The summed E-state index contributed by atoms with van der Waals surface area (Å²) in [5, 5.41) is 0. The maximum Gasteiger partial charge on any atom is 0.0237 e. The van der Waals surface area contributed by atoms with Gasteiger partial charge in [-0.25, -0.2) is 3.11 Å². The summed E-state index contributed by atoms with van der Waals surface area (Å²) in [4.78, 5) is 2.48. The van der Waals surface area contributed by atoms with Gasteiger partial charge in [-0.15, -0.1) is 0 Å². The van der Waals surface area contributed by atoms with Crippen molar-refractivity contribution in [2.24, 2.45) is 0 Å². The Kier molecular flexibility index (Phi) is 4.09. The van der Waals surface area contributed by atoms with Crippen LogP contribution in [0.2, 0.25) is 0 Å². The molecule has 0 radical (unpaired) electrons. The predicted molar refractivity (Wildman–Crippen MR) is 56.9 cm³/mol. The Morgan fingerprint density at radius 1 is 1.45 bits per heavy atom. The summed E-state index contributed by atoms with van der Waals surface area (Å²) in [6.07, 6.45) is 2.59. The molecule has 0 spiro atoms. The van der Waals surface area contributed by atoms with Crippen LogP contribution in [0.1, 0.15) is 19.8 Å². The van der Waals surface area contributed by atoms with Gasteiger partial charge in [0.25, 0.3) is 0 Å². The lowest BCUT2D eigenvalue weighted by atomic mass is 10.2. The normalized spacial score (nSPS) is 30.3. The van der Waals surface area contributed by atoms with Crippen LogP contribution in [0.3, 0.4) is 0 Å². The first-order valence-corrected chi connectivity index (χ1v) is 5.31. The number of hydrogen-bond donors (Lipinski definition) is 0. The van der Waals surface area contributed by atoms with E-state index in [9.17, 15) is 0 Å². The molecule has 2 nitrogen and oxygen atoms in total. The van der Waals surface area contributed by atoms with Gasteiger partial charge in [0.1, 0.15) is 0 Å². The lowest BCUT2D eigenvalue weighted by Gasteiger charge is -2.25. The molecule has 1 aliphatic heterocycles. The molecule has 0 aromatic rings. The Labute approximate surface area is 83.4 Å². The van der Waals surface area contributed by atoms with Crippen molar-refractivity contribution in [3.63, 3.8) is 0 Å². The number of nitrogens with zero attached hydrogens (tertiary/aromatic N) is 2. The minimum absolute atomic E-state index is 0.773. The largest absolute Gasteiger partial charge is 0.302 e. The quantitative estimate of drug-likeness (QED) is 0.528. The van der Waals surface area contributed by atoms with Gasteiger partial charge in [0.05, 0.1) is 0 Å². The summed E-state index contributed by atoms with van der Waals surface area (Å²) >= 11 is 2.44. The molecular formula is C8H17IN2. The summed E-state index contributed by atoms with van der Waals surface area (Å²) in [5.41, 5.74) is 0. The van der Waals surface area contributed by atoms with E-state index >= 15 is 0 Å². The maximum absolute atomic E-state index is 2.48. The van der Waals surface area contributed by atoms with Gasteiger partial charge in [-0.1, -0.05) is 6.92 Å². The van der Waals surface area contributed by atoms with E-state index in [1.54, 1.807) is 0 Å². The third-order valence-corrected chi connectivity index (χ3v) is 3.29. The Balaban J connectivity index is 2.45. The van der Waals surface area contributed by atoms with Crippen molar-refractivity contribution in [2.75, 3.05) is 26.7 Å². The van der Waals surface area contributed by atoms with E-state index in [-0.39, 0.29) is 0 Å². The Bertz CT molecular complexity index is 119. The Morgan fingerprint density at radius 3 is 2.82 bits per heavy atom. The standard InChI is InChI=1S/C8H17IN2/c1-3-8-7-11(9)6-4-5-10(8)2/h8H,3-7H2,1-2H3. The third-order valence-electron chi connectivity index (χ3n) is 2.42. The monoisotopic (exact) mass is 268 g/mol. The zero-order valence-corrected chi connectivity index (χ0v) is 9.54. The highest BCUT2D eigenvalue weighted by molar-refractivity contribution is 14.1. The minimum atomic E-state index is 0.773. The Hall–Kier alpha value is 0.650. The van der Waals surface area contributed by atoms with Crippen LogP contribution in [0, 0.1) is 0 Å².